The van der Waals surface area contributed by atoms with Crippen molar-refractivity contribution in [1.82, 2.24) is 29.1 Å². The second-order valence-electron chi connectivity index (χ2n) is 7.98. The third-order valence-electron chi connectivity index (χ3n) is 5.63. The zero-order valence-corrected chi connectivity index (χ0v) is 21.1. The van der Waals surface area contributed by atoms with Gasteiger partial charge in [0.2, 0.25) is 21.9 Å². The van der Waals surface area contributed by atoms with E-state index in [2.05, 4.69) is 20.3 Å². The normalized spacial score (nSPS) is 15.0. The molecular weight excluding hydrogens is 494 g/mol. The maximum absolute atomic E-state index is 13.6. The van der Waals surface area contributed by atoms with Crippen LogP contribution in [0.2, 0.25) is 0 Å². The van der Waals surface area contributed by atoms with Crippen LogP contribution in [0.15, 0.2) is 34.5 Å². The second-order valence-corrected chi connectivity index (χ2v) is 11.1. The minimum atomic E-state index is -3.96. The van der Waals surface area contributed by atoms with E-state index in [1.54, 1.807) is 32.5 Å². The van der Waals surface area contributed by atoms with Gasteiger partial charge in [0, 0.05) is 63.7 Å². The van der Waals surface area contributed by atoms with Crippen molar-refractivity contribution in [2.24, 2.45) is 0 Å². The highest BCUT2D eigenvalue weighted by atomic mass is 32.2. The fraction of sp³-hybridized carbons (Fsp3) is 0.476. The van der Waals surface area contributed by atoms with E-state index in [-0.39, 0.29) is 35.8 Å². The van der Waals surface area contributed by atoms with Crippen LogP contribution in [0.5, 0.6) is 0 Å². The van der Waals surface area contributed by atoms with Gasteiger partial charge in [-0.3, -0.25) is 14.2 Å². The van der Waals surface area contributed by atoms with E-state index < -0.39 is 15.6 Å². The van der Waals surface area contributed by atoms with Crippen LogP contribution in [0.4, 0.5) is 5.95 Å². The maximum atomic E-state index is 13.6. The van der Waals surface area contributed by atoms with Crippen LogP contribution >= 0.6 is 11.3 Å². The summed E-state index contributed by atoms with van der Waals surface area (Å²) in [4.78, 5) is 41.0. The van der Waals surface area contributed by atoms with Crippen molar-refractivity contribution in [3.63, 3.8) is 0 Å². The molecule has 0 unspecified atom stereocenters. The predicted octanol–water partition coefficient (Wildman–Crippen LogP) is 0.220. The van der Waals surface area contributed by atoms with Crippen molar-refractivity contribution >= 4 is 43.4 Å². The topological polar surface area (TPSA) is 140 Å². The Labute approximate surface area is 206 Å². The molecule has 0 saturated carbocycles. The van der Waals surface area contributed by atoms with Crippen molar-refractivity contribution in [2.75, 3.05) is 51.3 Å². The van der Waals surface area contributed by atoms with Crippen molar-refractivity contribution < 1.29 is 17.9 Å². The molecule has 1 saturated heterocycles. The van der Waals surface area contributed by atoms with Gasteiger partial charge >= 0.3 is 0 Å². The monoisotopic (exact) mass is 521 g/mol. The summed E-state index contributed by atoms with van der Waals surface area (Å²) in [6, 6.07) is 1.72. The predicted molar refractivity (Wildman–Crippen MR) is 131 cm³/mol. The molecule has 3 aromatic heterocycles. The van der Waals surface area contributed by atoms with Crippen molar-refractivity contribution in [3.05, 3.63) is 40.0 Å². The van der Waals surface area contributed by atoms with Crippen LogP contribution in [0, 0.1) is 6.92 Å². The Balaban J connectivity index is 1.56. The van der Waals surface area contributed by atoms with Gasteiger partial charge in [-0.15, -0.1) is 11.3 Å². The number of anilines is 1. The third-order valence-corrected chi connectivity index (χ3v) is 8.85. The molecule has 35 heavy (non-hydrogen) atoms. The zero-order valence-electron chi connectivity index (χ0n) is 19.5. The smallest absolute Gasteiger partial charge is 0.263 e. The lowest BCUT2D eigenvalue weighted by molar-refractivity contribution is -0.121. The summed E-state index contributed by atoms with van der Waals surface area (Å²) in [7, 11) is -2.38. The van der Waals surface area contributed by atoms with Gasteiger partial charge < -0.3 is 15.0 Å². The number of aryl methyl sites for hydroxylation is 1. The van der Waals surface area contributed by atoms with Crippen molar-refractivity contribution in [2.45, 2.75) is 24.8 Å². The Morgan fingerprint density at radius 3 is 2.57 bits per heavy atom. The number of hydrogen-bond acceptors (Lipinski definition) is 10. The van der Waals surface area contributed by atoms with Gasteiger partial charge in [-0.05, 0) is 19.4 Å². The molecule has 0 bridgehead atoms. The fourth-order valence-electron chi connectivity index (χ4n) is 3.90. The first-order chi connectivity index (χ1) is 16.8. The molecule has 188 valence electrons. The van der Waals surface area contributed by atoms with E-state index in [1.165, 1.54) is 10.6 Å². The van der Waals surface area contributed by atoms with Crippen LogP contribution in [0.3, 0.4) is 0 Å². The van der Waals surface area contributed by atoms with Crippen LogP contribution in [-0.4, -0.2) is 84.6 Å². The molecule has 1 N–H and O–H groups in total. The largest absolute Gasteiger partial charge is 0.385 e. The van der Waals surface area contributed by atoms with E-state index in [0.717, 1.165) is 15.9 Å². The Kier molecular flexibility index (Phi) is 7.74. The van der Waals surface area contributed by atoms with E-state index in [0.29, 0.717) is 48.3 Å². The highest BCUT2D eigenvalue weighted by Gasteiger charge is 2.34. The molecule has 12 nitrogen and oxygen atoms in total. The first kappa shape index (κ1) is 25.2. The lowest BCUT2D eigenvalue weighted by atomic mass is 10.3. The number of piperazine rings is 1. The van der Waals surface area contributed by atoms with Crippen molar-refractivity contribution in [3.8, 4) is 0 Å². The zero-order chi connectivity index (χ0) is 25.0. The summed E-state index contributed by atoms with van der Waals surface area (Å²) in [5, 5.41) is 2.74. The molecule has 0 aliphatic carbocycles. The lowest BCUT2D eigenvalue weighted by Gasteiger charge is -2.33. The highest BCUT2D eigenvalue weighted by molar-refractivity contribution is 7.89. The van der Waals surface area contributed by atoms with Gasteiger partial charge in [-0.2, -0.15) is 4.31 Å². The lowest BCUT2D eigenvalue weighted by Crippen LogP contribution is -2.49. The summed E-state index contributed by atoms with van der Waals surface area (Å²) < 4.78 is 34.7. The molecule has 4 rings (SSSR count). The fourth-order valence-corrected chi connectivity index (χ4v) is 6.99. The van der Waals surface area contributed by atoms with E-state index in [4.69, 9.17) is 4.74 Å². The van der Waals surface area contributed by atoms with Crippen LogP contribution in [-0.2, 0) is 26.1 Å². The Hall–Kier alpha value is -2.94. The molecule has 1 amide bonds. The minimum Gasteiger partial charge on any atom is -0.385 e. The molecule has 0 spiro atoms. The Bertz CT molecular complexity index is 1350. The quantitative estimate of drug-likeness (QED) is 0.392. The average Bonchev–Trinajstić information content (AvgIpc) is 3.22. The summed E-state index contributed by atoms with van der Waals surface area (Å²) in [5.74, 6) is 0.189. The number of carbonyl (C=O) groups is 1. The number of aromatic nitrogens is 4. The van der Waals surface area contributed by atoms with Gasteiger partial charge in [-0.25, -0.2) is 23.4 Å². The number of sulfonamides is 1. The van der Waals surface area contributed by atoms with Crippen molar-refractivity contribution in [1.29, 1.82) is 0 Å². The van der Waals surface area contributed by atoms with Gasteiger partial charge in [-0.1, -0.05) is 0 Å². The summed E-state index contributed by atoms with van der Waals surface area (Å²) in [6.45, 7) is 3.65. The van der Waals surface area contributed by atoms with E-state index >= 15 is 0 Å². The number of rotatable bonds is 9. The first-order valence-corrected chi connectivity index (χ1v) is 13.3. The molecule has 14 heteroatoms. The van der Waals surface area contributed by atoms with E-state index in [1.807, 2.05) is 4.90 Å². The third kappa shape index (κ3) is 5.34. The van der Waals surface area contributed by atoms with Gasteiger partial charge in [0.15, 0.2) is 0 Å². The number of carbonyl (C=O) groups excluding carboxylic acids is 1. The maximum Gasteiger partial charge on any atom is 0.263 e. The van der Waals surface area contributed by atoms with Gasteiger partial charge in [0.25, 0.3) is 5.56 Å². The number of methoxy groups -OCH3 is 1. The number of ether oxygens (including phenoxy) is 1. The van der Waals surface area contributed by atoms with Gasteiger partial charge in [0.1, 0.15) is 16.3 Å². The van der Waals surface area contributed by atoms with E-state index in [9.17, 15) is 18.0 Å². The SMILES string of the molecule is COCCCNC(=O)Cn1cnc2sc(C)c(S(=O)(=O)N3CCN(c4ncccn4)CC3)c2c1=O. The molecule has 0 atom stereocenters. The first-order valence-electron chi connectivity index (χ1n) is 11.1. The molecule has 3 aromatic rings. The van der Waals surface area contributed by atoms with Crippen LogP contribution in [0.1, 0.15) is 11.3 Å². The molecule has 0 radical (unpaired) electrons. The molecule has 1 aliphatic rings. The summed E-state index contributed by atoms with van der Waals surface area (Å²) in [5.41, 5.74) is -0.554. The van der Waals surface area contributed by atoms with Gasteiger partial charge in [0.05, 0.1) is 11.7 Å². The summed E-state index contributed by atoms with van der Waals surface area (Å²) in [6.07, 6.45) is 5.21. The second kappa shape index (κ2) is 10.8. The van der Waals surface area contributed by atoms with Crippen LogP contribution in [0.25, 0.3) is 10.2 Å². The molecule has 4 heterocycles. The highest BCUT2D eigenvalue weighted by Crippen LogP contribution is 2.33. The average molecular weight is 522 g/mol. The molecule has 1 fully saturated rings. The summed E-state index contributed by atoms with van der Waals surface area (Å²) >= 11 is 1.15. The molecule has 1 aliphatic heterocycles. The van der Waals surface area contributed by atoms with Crippen LogP contribution < -0.4 is 15.8 Å². The number of nitrogens with one attached hydrogen (secondary N) is 1. The Morgan fingerprint density at radius 2 is 1.89 bits per heavy atom. The standard InChI is InChI=1S/C21H27N7O5S2/c1-15-18(35(31,32)28-10-8-26(9-11-28)21-23-5-3-6-24-21)17-19(34-15)25-14-27(20(17)30)13-16(29)22-7-4-12-33-2/h3,5-6,14H,4,7-13H2,1-2H3,(H,22,29). The Morgan fingerprint density at radius 1 is 1.17 bits per heavy atom. The molecular formula is C21H27N7O5S2. The molecule has 0 aromatic carbocycles. The number of nitrogens with zero attached hydrogens (tertiary/aromatic N) is 6. The minimum absolute atomic E-state index is 0.0241. The number of amides is 1. The number of thiophene rings is 1. The number of hydrogen-bond donors (Lipinski definition) is 1. The number of fused-ring (bicyclic) bond motifs is 1.